The van der Waals surface area contributed by atoms with Gasteiger partial charge in [-0.05, 0) is 98.7 Å². The summed E-state index contributed by atoms with van der Waals surface area (Å²) in [7, 11) is 0. The average Bonchev–Trinajstić information content (AvgIpc) is 3.06. The summed E-state index contributed by atoms with van der Waals surface area (Å²) in [5.41, 5.74) is 0.411. The molecule has 0 aromatic rings. The van der Waals surface area contributed by atoms with Gasteiger partial charge in [-0.1, -0.05) is 53.2 Å². The van der Waals surface area contributed by atoms with E-state index in [0.29, 0.717) is 36.0 Å². The molecule has 3 heteroatoms. The smallest absolute Gasteiger partial charge is 0.0753 e. The zero-order valence-corrected chi connectivity index (χ0v) is 21.4. The van der Waals surface area contributed by atoms with Crippen molar-refractivity contribution < 1.29 is 15.3 Å². The molecule has 0 radical (unpaired) electrons. The first-order chi connectivity index (χ1) is 14.9. The molecule has 0 aromatic heterocycles. The maximum absolute atomic E-state index is 11.6. The molecule has 0 amide bonds. The number of aliphatic hydroxyl groups excluding tert-OH is 2. The first-order valence-electron chi connectivity index (χ1n) is 13.7. The maximum atomic E-state index is 11.6. The molecule has 184 valence electrons. The van der Waals surface area contributed by atoms with E-state index in [4.69, 9.17) is 0 Å². The average molecular weight is 447 g/mol. The van der Waals surface area contributed by atoms with Gasteiger partial charge in [0.25, 0.3) is 0 Å². The van der Waals surface area contributed by atoms with E-state index in [1.54, 1.807) is 0 Å². The molecule has 32 heavy (non-hydrogen) atoms. The third kappa shape index (κ3) is 3.73. The highest BCUT2D eigenvalue weighted by Crippen LogP contribution is 2.69. The Hall–Kier alpha value is -0.380. The first-order valence-corrected chi connectivity index (χ1v) is 13.7. The van der Waals surface area contributed by atoms with Crippen molar-refractivity contribution in [3.05, 3.63) is 12.2 Å². The summed E-state index contributed by atoms with van der Waals surface area (Å²) in [5, 5.41) is 33.1. The molecule has 4 rings (SSSR count). The number of hydrogen-bond donors (Lipinski definition) is 3. The molecular formula is C29H50O3. The Morgan fingerprint density at radius 2 is 1.72 bits per heavy atom. The third-order valence-corrected chi connectivity index (χ3v) is 11.6. The highest BCUT2D eigenvalue weighted by Gasteiger charge is 2.67. The minimum Gasteiger partial charge on any atom is -0.393 e. The lowest BCUT2D eigenvalue weighted by atomic mass is 9.42. The lowest BCUT2D eigenvalue weighted by Crippen LogP contribution is -2.67. The summed E-state index contributed by atoms with van der Waals surface area (Å²) >= 11 is 0. The minimum atomic E-state index is -0.914. The van der Waals surface area contributed by atoms with E-state index in [1.165, 1.54) is 44.1 Å². The van der Waals surface area contributed by atoms with Gasteiger partial charge in [-0.15, -0.1) is 0 Å². The Labute approximate surface area is 197 Å². The van der Waals surface area contributed by atoms with Crippen LogP contribution in [0.4, 0.5) is 0 Å². The standard InChI is InChI=1S/C29H50O3/c1-18(2)19(3)8-7-9-20(4)23-10-11-24-22-12-15-29(32)17-21(30)16-26(31)28(29,6)25(22)13-14-27(23,24)5/h18,20-26,30-32H,3,7-17H2,1-2,4-6H3/t20-,21+,22+,23-,24+,25+,26-,27-,28+,29-/m1/s1. The number of rotatable bonds is 6. The fourth-order valence-corrected chi connectivity index (χ4v) is 9.43. The van der Waals surface area contributed by atoms with E-state index < -0.39 is 23.2 Å². The lowest BCUT2D eigenvalue weighted by Gasteiger charge is -2.65. The van der Waals surface area contributed by atoms with Crippen LogP contribution in [0, 0.1) is 46.3 Å². The summed E-state index contributed by atoms with van der Waals surface area (Å²) in [6.07, 6.45) is 10.2. The lowest BCUT2D eigenvalue weighted by molar-refractivity contribution is -0.259. The number of hydrogen-bond acceptors (Lipinski definition) is 3. The Morgan fingerprint density at radius 1 is 1.00 bits per heavy atom. The molecule has 3 nitrogen and oxygen atoms in total. The van der Waals surface area contributed by atoms with Crippen LogP contribution in [0.1, 0.15) is 105 Å². The van der Waals surface area contributed by atoms with Crippen molar-refractivity contribution in [2.45, 2.75) is 123 Å². The maximum Gasteiger partial charge on any atom is 0.0753 e. The molecule has 3 N–H and O–H groups in total. The molecule has 0 unspecified atom stereocenters. The van der Waals surface area contributed by atoms with Crippen LogP contribution in [0.25, 0.3) is 0 Å². The number of allylic oxidation sites excluding steroid dienone is 1. The fourth-order valence-electron chi connectivity index (χ4n) is 9.43. The van der Waals surface area contributed by atoms with E-state index in [0.717, 1.165) is 37.0 Å². The molecule has 10 atom stereocenters. The van der Waals surface area contributed by atoms with Crippen LogP contribution < -0.4 is 0 Å². The van der Waals surface area contributed by atoms with Gasteiger partial charge in [-0.25, -0.2) is 0 Å². The predicted molar refractivity (Wildman–Crippen MR) is 131 cm³/mol. The van der Waals surface area contributed by atoms with Gasteiger partial charge in [0.15, 0.2) is 0 Å². The molecule has 0 aliphatic heterocycles. The molecule has 4 aliphatic carbocycles. The second-order valence-corrected chi connectivity index (χ2v) is 13.3. The van der Waals surface area contributed by atoms with Crippen LogP contribution in [0.3, 0.4) is 0 Å². The summed E-state index contributed by atoms with van der Waals surface area (Å²) in [6.45, 7) is 16.0. The quantitative estimate of drug-likeness (QED) is 0.431. The topological polar surface area (TPSA) is 60.7 Å². The van der Waals surface area contributed by atoms with Crippen molar-refractivity contribution >= 4 is 0 Å². The van der Waals surface area contributed by atoms with Crippen molar-refractivity contribution in [2.24, 2.45) is 46.3 Å². The van der Waals surface area contributed by atoms with Crippen molar-refractivity contribution in [3.8, 4) is 0 Å². The largest absolute Gasteiger partial charge is 0.393 e. The molecule has 0 aromatic carbocycles. The van der Waals surface area contributed by atoms with Crippen LogP contribution in [-0.4, -0.2) is 33.1 Å². The molecular weight excluding hydrogens is 396 g/mol. The Bertz CT molecular complexity index is 703. The van der Waals surface area contributed by atoms with Gasteiger partial charge in [0.1, 0.15) is 0 Å². The second-order valence-electron chi connectivity index (χ2n) is 13.3. The van der Waals surface area contributed by atoms with Crippen molar-refractivity contribution in [3.63, 3.8) is 0 Å². The SMILES string of the molecule is C=C(CCC[C@@H](C)[C@H]1CC[C@H]2[C@@H]3CC[C@@]4(O)C[C@@H](O)C[C@@H](O)[C@]4(C)[C@H]3CC[C@]12C)C(C)C. The summed E-state index contributed by atoms with van der Waals surface area (Å²) in [6, 6.07) is 0. The molecule has 0 spiro atoms. The molecule has 4 fully saturated rings. The summed E-state index contributed by atoms with van der Waals surface area (Å²) in [4.78, 5) is 0. The van der Waals surface area contributed by atoms with Gasteiger partial charge in [-0.3, -0.25) is 0 Å². The van der Waals surface area contributed by atoms with E-state index >= 15 is 0 Å². The Balaban J connectivity index is 1.47. The van der Waals surface area contributed by atoms with Crippen LogP contribution in [0.2, 0.25) is 0 Å². The molecule has 4 aliphatic rings. The summed E-state index contributed by atoms with van der Waals surface area (Å²) < 4.78 is 0. The van der Waals surface area contributed by atoms with Gasteiger partial charge < -0.3 is 15.3 Å². The molecule has 0 bridgehead atoms. The molecule has 4 saturated carbocycles. The number of aliphatic hydroxyl groups is 3. The van der Waals surface area contributed by atoms with Gasteiger partial charge in [-0.2, -0.15) is 0 Å². The van der Waals surface area contributed by atoms with Crippen molar-refractivity contribution in [2.75, 3.05) is 0 Å². The van der Waals surface area contributed by atoms with E-state index in [-0.39, 0.29) is 0 Å². The highest BCUT2D eigenvalue weighted by molar-refractivity contribution is 5.16. The summed E-state index contributed by atoms with van der Waals surface area (Å²) in [5.74, 6) is 3.86. The zero-order valence-electron chi connectivity index (χ0n) is 21.4. The van der Waals surface area contributed by atoms with E-state index in [2.05, 4.69) is 41.2 Å². The normalized spacial score (nSPS) is 49.3. The van der Waals surface area contributed by atoms with Crippen LogP contribution in [0.15, 0.2) is 12.2 Å². The van der Waals surface area contributed by atoms with Crippen LogP contribution in [-0.2, 0) is 0 Å². The highest BCUT2D eigenvalue weighted by atomic mass is 16.3. The van der Waals surface area contributed by atoms with E-state index in [1.807, 2.05) is 0 Å². The van der Waals surface area contributed by atoms with Gasteiger partial charge in [0.05, 0.1) is 17.8 Å². The molecule has 0 saturated heterocycles. The van der Waals surface area contributed by atoms with Crippen molar-refractivity contribution in [1.29, 1.82) is 0 Å². The predicted octanol–water partition coefficient (Wildman–Crippen LogP) is 6.11. The zero-order chi connectivity index (χ0) is 23.5. The van der Waals surface area contributed by atoms with Gasteiger partial charge >= 0.3 is 0 Å². The van der Waals surface area contributed by atoms with Crippen LogP contribution in [0.5, 0.6) is 0 Å². The minimum absolute atomic E-state index is 0.380. The third-order valence-electron chi connectivity index (χ3n) is 11.6. The fraction of sp³-hybridized carbons (Fsp3) is 0.931. The van der Waals surface area contributed by atoms with Crippen LogP contribution >= 0.6 is 0 Å². The Kier molecular flexibility index (Phi) is 6.71. The monoisotopic (exact) mass is 446 g/mol. The van der Waals surface area contributed by atoms with Gasteiger partial charge in [0.2, 0.25) is 0 Å². The second kappa shape index (κ2) is 8.68. The molecule has 0 heterocycles. The first kappa shape index (κ1) is 24.7. The van der Waals surface area contributed by atoms with Crippen molar-refractivity contribution in [1.82, 2.24) is 0 Å². The van der Waals surface area contributed by atoms with Gasteiger partial charge in [0, 0.05) is 11.8 Å². The Morgan fingerprint density at radius 3 is 2.41 bits per heavy atom. The van der Waals surface area contributed by atoms with E-state index in [9.17, 15) is 15.3 Å². The number of fused-ring (bicyclic) bond motifs is 5.